The Bertz CT molecular complexity index is 743. The molecule has 0 radical (unpaired) electrons. The van der Waals surface area contributed by atoms with Crippen LogP contribution >= 0.6 is 0 Å². The summed E-state index contributed by atoms with van der Waals surface area (Å²) in [5.41, 5.74) is 0.629. The standard InChI is InChI=1S/C20H27N3O5/c1-3-21-20(26)22-19(25)13(2)23-8-6-14(7-9-23)18(24)15-4-5-16-17(12-15)28-11-10-27-16/h4-5,12-14H,3,6-11H2,1-2H3,(H2,21,22,25,26)/t13-/m1/s1. The Morgan fingerprint density at radius 1 is 1.14 bits per heavy atom. The molecule has 1 aromatic rings. The lowest BCUT2D eigenvalue weighted by atomic mass is 9.88. The van der Waals surface area contributed by atoms with E-state index in [4.69, 9.17) is 9.47 Å². The number of likely N-dealkylation sites (tertiary alicyclic amines) is 1. The summed E-state index contributed by atoms with van der Waals surface area (Å²) in [5, 5.41) is 4.89. The van der Waals surface area contributed by atoms with Crippen molar-refractivity contribution in [2.45, 2.75) is 32.7 Å². The van der Waals surface area contributed by atoms with Crippen molar-refractivity contribution >= 4 is 17.7 Å². The highest BCUT2D eigenvalue weighted by molar-refractivity contribution is 5.99. The molecule has 1 fully saturated rings. The van der Waals surface area contributed by atoms with Gasteiger partial charge >= 0.3 is 6.03 Å². The first-order chi connectivity index (χ1) is 13.5. The van der Waals surface area contributed by atoms with Crippen LogP contribution in [0.15, 0.2) is 18.2 Å². The van der Waals surface area contributed by atoms with Crippen molar-refractivity contribution in [2.24, 2.45) is 5.92 Å². The van der Waals surface area contributed by atoms with Gasteiger partial charge in [-0.3, -0.25) is 19.8 Å². The van der Waals surface area contributed by atoms with Gasteiger partial charge in [-0.1, -0.05) is 0 Å². The molecule has 3 rings (SSSR count). The molecule has 0 aliphatic carbocycles. The van der Waals surface area contributed by atoms with E-state index in [0.29, 0.717) is 62.8 Å². The Kier molecular flexibility index (Phi) is 6.51. The number of carbonyl (C=O) groups is 3. The SMILES string of the molecule is CCNC(=O)NC(=O)[C@@H](C)N1CCC(C(=O)c2ccc3c(c2)OCCO3)CC1. The molecule has 1 atom stereocenters. The van der Waals surface area contributed by atoms with E-state index in [9.17, 15) is 14.4 Å². The summed E-state index contributed by atoms with van der Waals surface area (Å²) in [6, 6.07) is 4.41. The first-order valence-corrected chi connectivity index (χ1v) is 9.76. The third-order valence-corrected chi connectivity index (χ3v) is 5.23. The summed E-state index contributed by atoms with van der Waals surface area (Å²) in [4.78, 5) is 38.6. The second-order valence-electron chi connectivity index (χ2n) is 7.06. The van der Waals surface area contributed by atoms with Crippen molar-refractivity contribution in [3.8, 4) is 11.5 Å². The number of nitrogens with zero attached hydrogens (tertiary/aromatic N) is 1. The minimum atomic E-state index is -0.483. The van der Waals surface area contributed by atoms with Crippen LogP contribution in [0.4, 0.5) is 4.79 Å². The molecule has 8 nitrogen and oxygen atoms in total. The zero-order valence-electron chi connectivity index (χ0n) is 16.3. The highest BCUT2D eigenvalue weighted by Gasteiger charge is 2.31. The molecule has 152 valence electrons. The minimum absolute atomic E-state index is 0.0857. The van der Waals surface area contributed by atoms with Gasteiger partial charge in [-0.2, -0.15) is 0 Å². The molecule has 2 aliphatic rings. The third kappa shape index (κ3) is 4.62. The van der Waals surface area contributed by atoms with E-state index in [0.717, 1.165) is 0 Å². The number of hydrogen-bond acceptors (Lipinski definition) is 6. The number of fused-ring (bicyclic) bond motifs is 1. The predicted octanol–water partition coefficient (Wildman–Crippen LogP) is 1.59. The molecule has 3 amide bonds. The number of piperidine rings is 1. The normalized spacial score (nSPS) is 18.2. The molecule has 0 aromatic heterocycles. The van der Waals surface area contributed by atoms with Crippen LogP contribution in [0.5, 0.6) is 11.5 Å². The van der Waals surface area contributed by atoms with E-state index in [1.807, 2.05) is 4.90 Å². The van der Waals surface area contributed by atoms with Crippen LogP contribution in [-0.4, -0.2) is 61.5 Å². The number of amides is 3. The van der Waals surface area contributed by atoms with Crippen molar-refractivity contribution in [3.05, 3.63) is 23.8 Å². The number of Topliss-reactive ketones (excluding diaryl/α,β-unsaturated/α-hetero) is 1. The van der Waals surface area contributed by atoms with E-state index in [1.54, 1.807) is 32.0 Å². The molecule has 0 unspecified atom stereocenters. The molecule has 0 bridgehead atoms. The largest absolute Gasteiger partial charge is 0.486 e. The fraction of sp³-hybridized carbons (Fsp3) is 0.550. The summed E-state index contributed by atoms with van der Waals surface area (Å²) in [7, 11) is 0. The van der Waals surface area contributed by atoms with Crippen molar-refractivity contribution in [3.63, 3.8) is 0 Å². The number of benzene rings is 1. The van der Waals surface area contributed by atoms with Crippen molar-refractivity contribution in [2.75, 3.05) is 32.8 Å². The molecule has 0 saturated carbocycles. The van der Waals surface area contributed by atoms with Crippen LogP contribution in [0, 0.1) is 5.92 Å². The number of imide groups is 1. The zero-order chi connectivity index (χ0) is 20.1. The fourth-order valence-electron chi connectivity index (χ4n) is 3.57. The van der Waals surface area contributed by atoms with Gasteiger partial charge in [0, 0.05) is 18.0 Å². The van der Waals surface area contributed by atoms with Gasteiger partial charge in [0.15, 0.2) is 17.3 Å². The lowest BCUT2D eigenvalue weighted by molar-refractivity contribution is -0.125. The third-order valence-electron chi connectivity index (χ3n) is 5.23. The molecule has 28 heavy (non-hydrogen) atoms. The van der Waals surface area contributed by atoms with Crippen LogP contribution in [0.25, 0.3) is 0 Å². The van der Waals surface area contributed by atoms with Crippen LogP contribution in [0.1, 0.15) is 37.0 Å². The first kappa shape index (κ1) is 20.1. The molecular formula is C20H27N3O5. The van der Waals surface area contributed by atoms with E-state index in [2.05, 4.69) is 10.6 Å². The zero-order valence-corrected chi connectivity index (χ0v) is 16.3. The smallest absolute Gasteiger partial charge is 0.321 e. The minimum Gasteiger partial charge on any atom is -0.486 e. The Morgan fingerprint density at radius 2 is 1.82 bits per heavy atom. The number of carbonyl (C=O) groups excluding carboxylic acids is 3. The lowest BCUT2D eigenvalue weighted by Crippen LogP contribution is -2.51. The van der Waals surface area contributed by atoms with Gasteiger partial charge in [0.25, 0.3) is 0 Å². The number of rotatable bonds is 5. The van der Waals surface area contributed by atoms with E-state index in [-0.39, 0.29) is 17.6 Å². The molecule has 2 N–H and O–H groups in total. The maximum Gasteiger partial charge on any atom is 0.321 e. The highest BCUT2D eigenvalue weighted by atomic mass is 16.6. The second kappa shape index (κ2) is 9.05. The maximum atomic E-state index is 12.9. The van der Waals surface area contributed by atoms with Gasteiger partial charge in [0.05, 0.1) is 6.04 Å². The maximum absolute atomic E-state index is 12.9. The molecule has 2 aliphatic heterocycles. The van der Waals surface area contributed by atoms with Crippen molar-refractivity contribution in [1.82, 2.24) is 15.5 Å². The first-order valence-electron chi connectivity index (χ1n) is 9.76. The van der Waals surface area contributed by atoms with E-state index in [1.165, 1.54) is 0 Å². The highest BCUT2D eigenvalue weighted by Crippen LogP contribution is 2.32. The Labute approximate surface area is 164 Å². The van der Waals surface area contributed by atoms with Crippen molar-refractivity contribution in [1.29, 1.82) is 0 Å². The van der Waals surface area contributed by atoms with Crippen molar-refractivity contribution < 1.29 is 23.9 Å². The van der Waals surface area contributed by atoms with Crippen LogP contribution in [-0.2, 0) is 4.79 Å². The van der Waals surface area contributed by atoms with E-state index >= 15 is 0 Å². The van der Waals surface area contributed by atoms with Crippen LogP contribution < -0.4 is 20.1 Å². The Hall–Kier alpha value is -2.61. The second-order valence-corrected chi connectivity index (χ2v) is 7.06. The average Bonchev–Trinajstić information content (AvgIpc) is 2.72. The number of nitrogens with one attached hydrogen (secondary N) is 2. The quantitative estimate of drug-likeness (QED) is 0.743. The van der Waals surface area contributed by atoms with Gasteiger partial charge in [-0.25, -0.2) is 4.79 Å². The summed E-state index contributed by atoms with van der Waals surface area (Å²) < 4.78 is 11.1. The van der Waals surface area contributed by atoms with Gasteiger partial charge in [0.1, 0.15) is 13.2 Å². The summed E-state index contributed by atoms with van der Waals surface area (Å²) >= 11 is 0. The summed E-state index contributed by atoms with van der Waals surface area (Å²) in [6.45, 7) is 6.29. The van der Waals surface area contributed by atoms with Gasteiger partial charge in [-0.15, -0.1) is 0 Å². The molecule has 1 saturated heterocycles. The van der Waals surface area contributed by atoms with Gasteiger partial charge in [-0.05, 0) is 58.0 Å². The fourth-order valence-corrected chi connectivity index (χ4v) is 3.57. The van der Waals surface area contributed by atoms with E-state index < -0.39 is 12.1 Å². The topological polar surface area (TPSA) is 97.0 Å². The Balaban J connectivity index is 1.54. The number of urea groups is 1. The molecule has 2 heterocycles. The summed E-state index contributed by atoms with van der Waals surface area (Å²) in [5.74, 6) is 0.964. The predicted molar refractivity (Wildman–Crippen MR) is 103 cm³/mol. The lowest BCUT2D eigenvalue weighted by Gasteiger charge is -2.34. The molecule has 1 aromatic carbocycles. The van der Waals surface area contributed by atoms with Crippen LogP contribution in [0.2, 0.25) is 0 Å². The molecular weight excluding hydrogens is 362 g/mol. The van der Waals surface area contributed by atoms with Gasteiger partial charge in [0.2, 0.25) is 5.91 Å². The molecule has 0 spiro atoms. The monoisotopic (exact) mass is 389 g/mol. The van der Waals surface area contributed by atoms with Crippen LogP contribution in [0.3, 0.4) is 0 Å². The number of ketones is 1. The molecule has 8 heteroatoms. The number of ether oxygens (including phenoxy) is 2. The summed E-state index contributed by atoms with van der Waals surface area (Å²) in [6.07, 6.45) is 1.35. The Morgan fingerprint density at radius 3 is 2.50 bits per heavy atom. The average molecular weight is 389 g/mol. The van der Waals surface area contributed by atoms with Gasteiger partial charge < -0.3 is 14.8 Å². The number of hydrogen-bond donors (Lipinski definition) is 2.